The van der Waals surface area contributed by atoms with Crippen molar-refractivity contribution in [3.63, 3.8) is 0 Å². The van der Waals surface area contributed by atoms with Gasteiger partial charge in [0, 0.05) is 67.1 Å². The van der Waals surface area contributed by atoms with Crippen LogP contribution in [0.4, 0.5) is 11.4 Å². The first-order chi connectivity index (χ1) is 16.7. The maximum atomic E-state index is 13.4. The number of benzene rings is 2. The number of nitrogens with zero attached hydrogens (tertiary/aromatic N) is 3. The fourth-order valence-corrected chi connectivity index (χ4v) is 4.29. The minimum absolute atomic E-state index is 0.0188. The van der Waals surface area contributed by atoms with Crippen molar-refractivity contribution in [2.24, 2.45) is 5.92 Å². The quantitative estimate of drug-likeness (QED) is 0.596. The predicted octanol–water partition coefficient (Wildman–Crippen LogP) is 4.77. The summed E-state index contributed by atoms with van der Waals surface area (Å²) in [6.45, 7) is 11.3. The molecule has 1 N–H and O–H groups in total. The van der Waals surface area contributed by atoms with E-state index >= 15 is 0 Å². The molecule has 3 rings (SSSR count). The van der Waals surface area contributed by atoms with Crippen LogP contribution in [0.1, 0.15) is 54.8 Å². The molecule has 0 spiro atoms. The maximum absolute atomic E-state index is 13.4. The van der Waals surface area contributed by atoms with Gasteiger partial charge in [0.1, 0.15) is 0 Å². The molecule has 35 heavy (non-hydrogen) atoms. The number of halogens is 1. The van der Waals surface area contributed by atoms with Crippen LogP contribution in [0.2, 0.25) is 5.02 Å². The SMILES string of the molecule is CCN(CC)C(=O)c1cc(NC(=O)C(C)C)ccc1N1CCCN(C(=O)c2ccc(Cl)cc2)CC1. The van der Waals surface area contributed by atoms with Crippen LogP contribution in [0.3, 0.4) is 0 Å². The maximum Gasteiger partial charge on any atom is 0.256 e. The van der Waals surface area contributed by atoms with Gasteiger partial charge in [-0.2, -0.15) is 0 Å². The first-order valence-corrected chi connectivity index (χ1v) is 12.7. The van der Waals surface area contributed by atoms with Gasteiger partial charge in [0.05, 0.1) is 5.56 Å². The fraction of sp³-hybridized carbons (Fsp3) is 0.444. The highest BCUT2D eigenvalue weighted by molar-refractivity contribution is 6.30. The lowest BCUT2D eigenvalue weighted by Gasteiger charge is -2.28. The van der Waals surface area contributed by atoms with Crippen molar-refractivity contribution < 1.29 is 14.4 Å². The zero-order chi connectivity index (χ0) is 25.5. The molecule has 1 saturated heterocycles. The van der Waals surface area contributed by atoms with Crippen molar-refractivity contribution in [1.82, 2.24) is 9.80 Å². The molecule has 0 atom stereocenters. The summed E-state index contributed by atoms with van der Waals surface area (Å²) >= 11 is 5.97. The number of carbonyl (C=O) groups is 3. The van der Waals surface area contributed by atoms with Gasteiger partial charge in [-0.3, -0.25) is 14.4 Å². The van der Waals surface area contributed by atoms with Gasteiger partial charge in [-0.15, -0.1) is 0 Å². The lowest BCUT2D eigenvalue weighted by atomic mass is 10.1. The third kappa shape index (κ3) is 6.54. The van der Waals surface area contributed by atoms with E-state index in [9.17, 15) is 14.4 Å². The second-order valence-electron chi connectivity index (χ2n) is 8.99. The first-order valence-electron chi connectivity index (χ1n) is 12.3. The summed E-state index contributed by atoms with van der Waals surface area (Å²) in [5.74, 6) is -0.338. The van der Waals surface area contributed by atoms with Crippen molar-refractivity contribution in [2.75, 3.05) is 49.5 Å². The van der Waals surface area contributed by atoms with Gasteiger partial charge in [0.15, 0.2) is 0 Å². The molecule has 0 bridgehead atoms. The van der Waals surface area contributed by atoms with Crippen molar-refractivity contribution >= 4 is 40.7 Å². The average molecular weight is 499 g/mol. The van der Waals surface area contributed by atoms with Crippen molar-refractivity contribution in [3.8, 4) is 0 Å². The van der Waals surface area contributed by atoms with Crippen molar-refractivity contribution in [2.45, 2.75) is 34.1 Å². The number of hydrogen-bond acceptors (Lipinski definition) is 4. The van der Waals surface area contributed by atoms with E-state index < -0.39 is 0 Å². The first kappa shape index (κ1) is 26.5. The smallest absolute Gasteiger partial charge is 0.256 e. The fourth-order valence-electron chi connectivity index (χ4n) is 4.17. The lowest BCUT2D eigenvalue weighted by Crippen LogP contribution is -2.36. The van der Waals surface area contributed by atoms with E-state index in [1.165, 1.54) is 0 Å². The van der Waals surface area contributed by atoms with Crippen LogP contribution >= 0.6 is 11.6 Å². The van der Waals surface area contributed by atoms with E-state index in [0.29, 0.717) is 54.6 Å². The van der Waals surface area contributed by atoms with Gasteiger partial charge in [-0.25, -0.2) is 0 Å². The molecule has 0 saturated carbocycles. The molecular formula is C27H35ClN4O3. The third-order valence-electron chi connectivity index (χ3n) is 6.28. The largest absolute Gasteiger partial charge is 0.369 e. The van der Waals surface area contributed by atoms with Crippen LogP contribution in [-0.2, 0) is 4.79 Å². The Morgan fingerprint density at radius 2 is 1.66 bits per heavy atom. The van der Waals surface area contributed by atoms with E-state index in [4.69, 9.17) is 11.6 Å². The number of nitrogens with one attached hydrogen (secondary N) is 1. The molecule has 0 aromatic heterocycles. The van der Waals surface area contributed by atoms with Crippen LogP contribution < -0.4 is 10.2 Å². The van der Waals surface area contributed by atoms with Crippen LogP contribution in [0, 0.1) is 5.92 Å². The molecule has 0 aliphatic carbocycles. The summed E-state index contributed by atoms with van der Waals surface area (Å²) in [4.78, 5) is 44.5. The van der Waals surface area contributed by atoms with E-state index in [2.05, 4.69) is 10.2 Å². The molecule has 7 nitrogen and oxygen atoms in total. The molecule has 0 radical (unpaired) electrons. The summed E-state index contributed by atoms with van der Waals surface area (Å²) in [6, 6.07) is 12.5. The highest BCUT2D eigenvalue weighted by atomic mass is 35.5. The zero-order valence-electron chi connectivity index (χ0n) is 21.0. The number of amides is 3. The number of anilines is 2. The Morgan fingerprint density at radius 3 is 2.29 bits per heavy atom. The summed E-state index contributed by atoms with van der Waals surface area (Å²) in [5, 5.41) is 3.51. The normalized spacial score (nSPS) is 14.0. The van der Waals surface area contributed by atoms with E-state index in [0.717, 1.165) is 18.7 Å². The van der Waals surface area contributed by atoms with Crippen LogP contribution in [0.15, 0.2) is 42.5 Å². The Kier molecular flexibility index (Phi) is 9.15. The number of hydrogen-bond donors (Lipinski definition) is 1. The van der Waals surface area contributed by atoms with Crippen LogP contribution in [-0.4, -0.2) is 66.8 Å². The Balaban J connectivity index is 1.85. The van der Waals surface area contributed by atoms with Gasteiger partial charge < -0.3 is 20.0 Å². The topological polar surface area (TPSA) is 73.0 Å². The number of rotatable bonds is 7. The van der Waals surface area contributed by atoms with Crippen LogP contribution in [0.5, 0.6) is 0 Å². The second kappa shape index (κ2) is 12.1. The molecule has 188 valence electrons. The summed E-state index contributed by atoms with van der Waals surface area (Å²) in [6.07, 6.45) is 0.782. The minimum Gasteiger partial charge on any atom is -0.369 e. The molecule has 3 amide bonds. The lowest BCUT2D eigenvalue weighted by molar-refractivity contribution is -0.118. The van der Waals surface area contributed by atoms with Gasteiger partial charge >= 0.3 is 0 Å². The van der Waals surface area contributed by atoms with E-state index in [1.807, 2.05) is 44.7 Å². The molecule has 2 aromatic rings. The average Bonchev–Trinajstić information content (AvgIpc) is 3.11. The van der Waals surface area contributed by atoms with E-state index in [1.54, 1.807) is 35.2 Å². The highest BCUT2D eigenvalue weighted by Gasteiger charge is 2.25. The monoisotopic (exact) mass is 498 g/mol. The molecule has 1 aliphatic heterocycles. The van der Waals surface area contributed by atoms with Gasteiger partial charge in [-0.05, 0) is 62.7 Å². The molecule has 1 aliphatic rings. The Bertz CT molecular complexity index is 1050. The summed E-state index contributed by atoms with van der Waals surface area (Å²) < 4.78 is 0. The van der Waals surface area contributed by atoms with E-state index in [-0.39, 0.29) is 23.6 Å². The molecule has 2 aromatic carbocycles. The summed E-state index contributed by atoms with van der Waals surface area (Å²) in [5.41, 5.74) is 2.61. The Hall–Kier alpha value is -3.06. The van der Waals surface area contributed by atoms with Gasteiger partial charge in [0.25, 0.3) is 11.8 Å². The third-order valence-corrected chi connectivity index (χ3v) is 6.54. The van der Waals surface area contributed by atoms with Crippen molar-refractivity contribution in [3.05, 3.63) is 58.6 Å². The Morgan fingerprint density at radius 1 is 0.971 bits per heavy atom. The van der Waals surface area contributed by atoms with Gasteiger partial charge in [-0.1, -0.05) is 25.4 Å². The highest BCUT2D eigenvalue weighted by Crippen LogP contribution is 2.28. The molecule has 8 heteroatoms. The predicted molar refractivity (Wildman–Crippen MR) is 141 cm³/mol. The zero-order valence-corrected chi connectivity index (χ0v) is 21.8. The van der Waals surface area contributed by atoms with Crippen LogP contribution in [0.25, 0.3) is 0 Å². The Labute approximate surface area is 213 Å². The summed E-state index contributed by atoms with van der Waals surface area (Å²) in [7, 11) is 0. The standard InChI is InChI=1S/C27H35ClN4O3/c1-5-30(6-2)27(35)23-18-22(29-25(33)19(3)4)12-13-24(23)31-14-7-15-32(17-16-31)26(34)20-8-10-21(28)11-9-20/h8-13,18-19H,5-7,14-17H2,1-4H3,(H,29,33). The minimum atomic E-state index is -0.161. The molecule has 1 heterocycles. The molecular weight excluding hydrogens is 464 g/mol. The second-order valence-corrected chi connectivity index (χ2v) is 9.43. The number of carbonyl (C=O) groups excluding carboxylic acids is 3. The molecule has 1 fully saturated rings. The van der Waals surface area contributed by atoms with Crippen molar-refractivity contribution in [1.29, 1.82) is 0 Å². The molecule has 0 unspecified atom stereocenters. The van der Waals surface area contributed by atoms with Gasteiger partial charge in [0.2, 0.25) is 5.91 Å².